The molecule has 0 unspecified atom stereocenters. The van der Waals surface area contributed by atoms with Crippen molar-refractivity contribution in [2.45, 2.75) is 19.8 Å². The maximum Gasteiger partial charge on any atom is 0.277 e. The van der Waals surface area contributed by atoms with Crippen LogP contribution in [0.25, 0.3) is 0 Å². The van der Waals surface area contributed by atoms with Gasteiger partial charge in [-0.1, -0.05) is 32.0 Å². The van der Waals surface area contributed by atoms with E-state index in [-0.39, 0.29) is 12.5 Å². The van der Waals surface area contributed by atoms with Crippen LogP contribution in [0.5, 0.6) is 5.75 Å². The maximum atomic E-state index is 11.7. The van der Waals surface area contributed by atoms with E-state index < -0.39 is 0 Å². The van der Waals surface area contributed by atoms with Gasteiger partial charge in [0.25, 0.3) is 5.91 Å². The number of pyridine rings is 1. The minimum atomic E-state index is -0.310. The second kappa shape index (κ2) is 7.93. The van der Waals surface area contributed by atoms with Crippen molar-refractivity contribution in [3.8, 4) is 5.75 Å². The number of aromatic nitrogens is 1. The summed E-state index contributed by atoms with van der Waals surface area (Å²) in [5, 5.41) is 3.86. The lowest BCUT2D eigenvalue weighted by atomic mass is 10.0. The Morgan fingerprint density at radius 2 is 2.23 bits per heavy atom. The third kappa shape index (κ3) is 5.01. The van der Waals surface area contributed by atoms with Gasteiger partial charge in [0.15, 0.2) is 6.61 Å². The van der Waals surface area contributed by atoms with Crippen molar-refractivity contribution in [2.24, 2.45) is 5.10 Å². The first-order valence-corrected chi connectivity index (χ1v) is 7.10. The van der Waals surface area contributed by atoms with E-state index in [9.17, 15) is 4.79 Å². The molecular weight excluding hydrogens is 278 g/mol. The zero-order valence-electron chi connectivity index (χ0n) is 12.7. The van der Waals surface area contributed by atoms with Crippen LogP contribution in [0, 0.1) is 0 Å². The summed E-state index contributed by atoms with van der Waals surface area (Å²) in [5.74, 6) is 0.786. The molecule has 0 aliphatic carbocycles. The summed E-state index contributed by atoms with van der Waals surface area (Å²) in [4.78, 5) is 15.6. The summed E-state index contributed by atoms with van der Waals surface area (Å²) < 4.78 is 5.46. The number of ether oxygens (including phenoxy) is 1. The van der Waals surface area contributed by atoms with Crippen molar-refractivity contribution in [1.82, 2.24) is 10.4 Å². The summed E-state index contributed by atoms with van der Waals surface area (Å²) >= 11 is 0. The number of benzene rings is 1. The molecule has 5 heteroatoms. The smallest absolute Gasteiger partial charge is 0.277 e. The Morgan fingerprint density at radius 1 is 1.36 bits per heavy atom. The summed E-state index contributed by atoms with van der Waals surface area (Å²) in [5.41, 5.74) is 4.40. The number of hydrogen-bond donors (Lipinski definition) is 1. The van der Waals surface area contributed by atoms with Crippen LogP contribution >= 0.6 is 0 Å². The van der Waals surface area contributed by atoms with Crippen molar-refractivity contribution in [3.05, 3.63) is 59.9 Å². The highest BCUT2D eigenvalue weighted by Gasteiger charge is 2.04. The van der Waals surface area contributed by atoms with Crippen LogP contribution in [0.1, 0.15) is 30.9 Å². The first kappa shape index (κ1) is 15.7. The molecule has 0 aliphatic heterocycles. The number of hydrogen-bond acceptors (Lipinski definition) is 4. The molecule has 0 spiro atoms. The normalized spacial score (nSPS) is 10.9. The molecule has 0 saturated carbocycles. The first-order chi connectivity index (χ1) is 10.6. The minimum Gasteiger partial charge on any atom is -0.484 e. The molecule has 1 amide bonds. The van der Waals surface area contributed by atoms with Crippen molar-refractivity contribution in [3.63, 3.8) is 0 Å². The molecule has 1 N–H and O–H groups in total. The summed E-state index contributed by atoms with van der Waals surface area (Å²) in [6.45, 7) is 4.14. The van der Waals surface area contributed by atoms with Gasteiger partial charge in [0.2, 0.25) is 0 Å². The Balaban J connectivity index is 1.80. The van der Waals surface area contributed by atoms with E-state index in [1.807, 2.05) is 30.3 Å². The molecule has 2 rings (SSSR count). The van der Waals surface area contributed by atoms with Crippen molar-refractivity contribution in [1.29, 1.82) is 0 Å². The molecule has 22 heavy (non-hydrogen) atoms. The molecule has 0 atom stereocenters. The van der Waals surface area contributed by atoms with Crippen molar-refractivity contribution in [2.75, 3.05) is 6.61 Å². The predicted octanol–water partition coefficient (Wildman–Crippen LogP) is 2.73. The predicted molar refractivity (Wildman–Crippen MR) is 86.0 cm³/mol. The van der Waals surface area contributed by atoms with Crippen molar-refractivity contribution >= 4 is 12.1 Å². The van der Waals surface area contributed by atoms with Crippen LogP contribution < -0.4 is 10.2 Å². The molecule has 0 radical (unpaired) electrons. The molecule has 5 nitrogen and oxygen atoms in total. The largest absolute Gasteiger partial charge is 0.484 e. The van der Waals surface area contributed by atoms with Gasteiger partial charge in [-0.05, 0) is 29.7 Å². The van der Waals surface area contributed by atoms with Gasteiger partial charge in [0, 0.05) is 18.0 Å². The van der Waals surface area contributed by atoms with E-state index in [2.05, 4.69) is 29.4 Å². The van der Waals surface area contributed by atoms with E-state index in [4.69, 9.17) is 4.74 Å². The fraction of sp³-hybridized carbons (Fsp3) is 0.235. The van der Waals surface area contributed by atoms with Crippen LogP contribution in [-0.4, -0.2) is 23.7 Å². The molecule has 114 valence electrons. The third-order valence-electron chi connectivity index (χ3n) is 2.98. The summed E-state index contributed by atoms with van der Waals surface area (Å²) in [6.07, 6.45) is 4.86. The Kier molecular flexibility index (Phi) is 5.65. The zero-order valence-corrected chi connectivity index (χ0v) is 12.7. The maximum absolute atomic E-state index is 11.7. The van der Waals surface area contributed by atoms with Gasteiger partial charge in [0.05, 0.1) is 6.21 Å². The van der Waals surface area contributed by atoms with Gasteiger partial charge in [-0.25, -0.2) is 5.43 Å². The average molecular weight is 297 g/mol. The van der Waals surface area contributed by atoms with Gasteiger partial charge in [-0.2, -0.15) is 5.10 Å². The molecular formula is C17H19N3O2. The average Bonchev–Trinajstić information content (AvgIpc) is 2.54. The summed E-state index contributed by atoms with van der Waals surface area (Å²) in [7, 11) is 0. The molecule has 0 fully saturated rings. The third-order valence-corrected chi connectivity index (χ3v) is 2.98. The topological polar surface area (TPSA) is 63.6 Å². The Labute approximate surface area is 130 Å². The fourth-order valence-corrected chi connectivity index (χ4v) is 1.78. The summed E-state index contributed by atoms with van der Waals surface area (Å²) in [6, 6.07) is 11.4. The zero-order chi connectivity index (χ0) is 15.8. The van der Waals surface area contributed by atoms with Crippen LogP contribution in [-0.2, 0) is 4.79 Å². The highest BCUT2D eigenvalue weighted by Crippen LogP contribution is 2.19. The molecule has 1 aromatic heterocycles. The van der Waals surface area contributed by atoms with Gasteiger partial charge in [-0.3, -0.25) is 9.78 Å². The van der Waals surface area contributed by atoms with Gasteiger partial charge in [0.1, 0.15) is 5.75 Å². The van der Waals surface area contributed by atoms with Crippen LogP contribution in [0.15, 0.2) is 53.9 Å². The van der Waals surface area contributed by atoms with Crippen LogP contribution in [0.2, 0.25) is 0 Å². The second-order valence-corrected chi connectivity index (χ2v) is 5.10. The number of carbonyl (C=O) groups is 1. The highest BCUT2D eigenvalue weighted by molar-refractivity contribution is 5.82. The Hall–Kier alpha value is -2.69. The lowest BCUT2D eigenvalue weighted by Gasteiger charge is -2.09. The van der Waals surface area contributed by atoms with E-state index in [1.165, 1.54) is 11.8 Å². The number of amides is 1. The number of nitrogens with zero attached hydrogens (tertiary/aromatic N) is 2. The standard InChI is InChI=1S/C17H19N3O2/c1-13(2)15-6-3-7-16(9-15)22-12-17(21)20-19-11-14-5-4-8-18-10-14/h3-11,13H,12H2,1-2H3,(H,20,21)/b19-11+. The Morgan fingerprint density at radius 3 is 2.95 bits per heavy atom. The number of rotatable bonds is 6. The first-order valence-electron chi connectivity index (χ1n) is 7.10. The Bertz CT molecular complexity index is 639. The number of nitrogens with one attached hydrogen (secondary N) is 1. The molecule has 2 aromatic rings. The van der Waals surface area contributed by atoms with Gasteiger partial charge < -0.3 is 4.74 Å². The molecule has 0 saturated heterocycles. The SMILES string of the molecule is CC(C)c1cccc(OCC(=O)N/N=C/c2cccnc2)c1. The molecule has 1 heterocycles. The lowest BCUT2D eigenvalue weighted by Crippen LogP contribution is -2.24. The number of carbonyl (C=O) groups excluding carboxylic acids is 1. The molecule has 0 bridgehead atoms. The lowest BCUT2D eigenvalue weighted by molar-refractivity contribution is -0.123. The van der Waals surface area contributed by atoms with Crippen molar-refractivity contribution < 1.29 is 9.53 Å². The van der Waals surface area contributed by atoms with E-state index in [0.29, 0.717) is 11.7 Å². The molecule has 0 aliphatic rings. The van der Waals surface area contributed by atoms with Crippen LogP contribution in [0.4, 0.5) is 0 Å². The van der Waals surface area contributed by atoms with E-state index in [0.717, 1.165) is 5.56 Å². The molecule has 1 aromatic carbocycles. The highest BCUT2D eigenvalue weighted by atomic mass is 16.5. The quantitative estimate of drug-likeness (QED) is 0.658. The van der Waals surface area contributed by atoms with Crippen LogP contribution in [0.3, 0.4) is 0 Å². The number of hydrazone groups is 1. The van der Waals surface area contributed by atoms with Gasteiger partial charge >= 0.3 is 0 Å². The van der Waals surface area contributed by atoms with Gasteiger partial charge in [-0.15, -0.1) is 0 Å². The minimum absolute atomic E-state index is 0.0775. The monoisotopic (exact) mass is 297 g/mol. The van der Waals surface area contributed by atoms with E-state index >= 15 is 0 Å². The van der Waals surface area contributed by atoms with E-state index in [1.54, 1.807) is 18.5 Å². The second-order valence-electron chi connectivity index (χ2n) is 5.10. The fourth-order valence-electron chi connectivity index (χ4n) is 1.78.